The number of nitriles is 1. The van der Waals surface area contributed by atoms with Crippen molar-refractivity contribution in [3.63, 3.8) is 0 Å². The Bertz CT molecular complexity index is 466. The van der Waals surface area contributed by atoms with Crippen LogP contribution in [-0.2, 0) is 11.2 Å². The van der Waals surface area contributed by atoms with Gasteiger partial charge < -0.3 is 0 Å². The summed E-state index contributed by atoms with van der Waals surface area (Å²) < 4.78 is 0. The van der Waals surface area contributed by atoms with Gasteiger partial charge in [-0.25, -0.2) is 0 Å². The van der Waals surface area contributed by atoms with E-state index in [1.54, 1.807) is 18.7 Å². The topological polar surface area (TPSA) is 40.9 Å². The number of fused-ring (bicyclic) bond motifs is 1. The van der Waals surface area contributed by atoms with Crippen LogP contribution < -0.4 is 0 Å². The molecule has 1 aromatic rings. The Morgan fingerprint density at radius 1 is 1.59 bits per heavy atom. The molecule has 0 spiro atoms. The van der Waals surface area contributed by atoms with Gasteiger partial charge >= 0.3 is 0 Å². The Labute approximate surface area is 106 Å². The maximum atomic E-state index is 11.5. The quantitative estimate of drug-likeness (QED) is 0.821. The largest absolute Gasteiger partial charge is 0.298 e. The molecule has 1 aliphatic heterocycles. The maximum Gasteiger partial charge on any atom is 0.149 e. The summed E-state index contributed by atoms with van der Waals surface area (Å²) in [5.41, 5.74) is 0.506. The summed E-state index contributed by atoms with van der Waals surface area (Å²) in [4.78, 5) is 12.8. The molecule has 0 saturated heterocycles. The Morgan fingerprint density at radius 2 is 2.29 bits per heavy atom. The first-order valence-electron chi connectivity index (χ1n) is 5.72. The monoisotopic (exact) mass is 245 g/mol. The molecule has 0 fully saturated rings. The van der Waals surface area contributed by atoms with Gasteiger partial charge in [-0.2, -0.15) is 5.26 Å². The van der Waals surface area contributed by atoms with E-state index in [2.05, 4.69) is 18.2 Å². The molecule has 0 bridgehead atoms. The highest BCUT2D eigenvalue weighted by Gasteiger charge is 2.35. The van der Waals surface area contributed by atoms with Crippen molar-refractivity contribution in [2.45, 2.75) is 36.8 Å². The number of carbonyl (C=O) groups excluding carboxylic acids is 1. The highest BCUT2D eigenvalue weighted by molar-refractivity contribution is 8.00. The molecule has 2 unspecified atom stereocenters. The fourth-order valence-electron chi connectivity index (χ4n) is 2.09. The van der Waals surface area contributed by atoms with Crippen molar-refractivity contribution in [2.24, 2.45) is 5.41 Å². The van der Waals surface area contributed by atoms with Crippen LogP contribution in [0.1, 0.15) is 25.8 Å². The van der Waals surface area contributed by atoms with Gasteiger partial charge in [0, 0.05) is 10.1 Å². The number of thioether (sulfide) groups is 1. The summed E-state index contributed by atoms with van der Waals surface area (Å²) in [6, 6.07) is 10.5. The van der Waals surface area contributed by atoms with Crippen molar-refractivity contribution in [3.8, 4) is 6.07 Å². The highest BCUT2D eigenvalue weighted by atomic mass is 32.2. The van der Waals surface area contributed by atoms with E-state index in [1.807, 2.05) is 12.1 Å². The molecule has 17 heavy (non-hydrogen) atoms. The second-order valence-corrected chi connectivity index (χ2v) is 6.10. The number of Topliss-reactive ketones (excluding diaryl/α,β-unsaturated/α-hetero) is 1. The van der Waals surface area contributed by atoms with Crippen molar-refractivity contribution in [1.29, 1.82) is 5.26 Å². The van der Waals surface area contributed by atoms with E-state index < -0.39 is 5.41 Å². The van der Waals surface area contributed by atoms with Crippen LogP contribution >= 0.6 is 11.8 Å². The molecule has 1 aromatic carbocycles. The normalized spacial score (nSPS) is 21.4. The van der Waals surface area contributed by atoms with Crippen molar-refractivity contribution < 1.29 is 4.79 Å². The van der Waals surface area contributed by atoms with E-state index in [0.29, 0.717) is 11.7 Å². The molecule has 1 aliphatic rings. The number of rotatable bonds is 3. The van der Waals surface area contributed by atoms with E-state index in [4.69, 9.17) is 5.26 Å². The van der Waals surface area contributed by atoms with E-state index in [1.165, 1.54) is 17.4 Å². The minimum atomic E-state index is -0.834. The van der Waals surface area contributed by atoms with E-state index in [-0.39, 0.29) is 5.78 Å². The van der Waals surface area contributed by atoms with Gasteiger partial charge in [0.15, 0.2) is 0 Å². The predicted molar refractivity (Wildman–Crippen MR) is 68.8 cm³/mol. The smallest absolute Gasteiger partial charge is 0.149 e. The van der Waals surface area contributed by atoms with Gasteiger partial charge in [-0.1, -0.05) is 18.2 Å². The fraction of sp³-hybridized carbons (Fsp3) is 0.429. The van der Waals surface area contributed by atoms with Crippen molar-refractivity contribution >= 4 is 17.5 Å². The van der Waals surface area contributed by atoms with Gasteiger partial charge in [-0.05, 0) is 38.3 Å². The highest BCUT2D eigenvalue weighted by Crippen LogP contribution is 2.42. The summed E-state index contributed by atoms with van der Waals surface area (Å²) in [7, 11) is 0. The minimum absolute atomic E-state index is 0.0310. The van der Waals surface area contributed by atoms with Crippen LogP contribution in [0.5, 0.6) is 0 Å². The minimum Gasteiger partial charge on any atom is -0.298 e. The van der Waals surface area contributed by atoms with Gasteiger partial charge in [0.25, 0.3) is 0 Å². The molecule has 0 aromatic heterocycles. The van der Waals surface area contributed by atoms with Crippen LogP contribution in [-0.4, -0.2) is 11.0 Å². The average Bonchev–Trinajstić information content (AvgIpc) is 2.70. The summed E-state index contributed by atoms with van der Waals surface area (Å²) in [5, 5.41) is 9.50. The third kappa shape index (κ3) is 2.37. The molecule has 0 aliphatic carbocycles. The van der Waals surface area contributed by atoms with Crippen LogP contribution in [0.15, 0.2) is 29.2 Å². The Hall–Kier alpha value is -1.27. The zero-order valence-electron chi connectivity index (χ0n) is 10.1. The van der Waals surface area contributed by atoms with Gasteiger partial charge in [0.05, 0.1) is 6.07 Å². The Kier molecular flexibility index (Phi) is 3.26. The summed E-state index contributed by atoms with van der Waals surface area (Å²) in [5.74, 6) is -0.0310. The molecule has 0 saturated carbocycles. The van der Waals surface area contributed by atoms with Gasteiger partial charge in [-0.3, -0.25) is 4.79 Å². The lowest BCUT2D eigenvalue weighted by Gasteiger charge is -2.21. The average molecular weight is 245 g/mol. The first-order chi connectivity index (χ1) is 8.05. The SMILES string of the molecule is CC(=O)C(C)(C#N)CC1Cc2ccccc2S1. The molecular formula is C14H15NOS. The summed E-state index contributed by atoms with van der Waals surface area (Å²) in [6.07, 6.45) is 1.60. The lowest BCUT2D eigenvalue weighted by molar-refractivity contribution is -0.123. The van der Waals surface area contributed by atoms with Crippen molar-refractivity contribution in [1.82, 2.24) is 0 Å². The lowest BCUT2D eigenvalue weighted by Crippen LogP contribution is -2.27. The van der Waals surface area contributed by atoms with Crippen LogP contribution in [0.3, 0.4) is 0 Å². The van der Waals surface area contributed by atoms with Crippen LogP contribution in [0.2, 0.25) is 0 Å². The molecule has 0 radical (unpaired) electrons. The number of benzene rings is 1. The van der Waals surface area contributed by atoms with Crippen LogP contribution in [0.25, 0.3) is 0 Å². The summed E-state index contributed by atoms with van der Waals surface area (Å²) in [6.45, 7) is 3.26. The molecule has 2 nitrogen and oxygen atoms in total. The first kappa shape index (κ1) is 12.2. The van der Waals surface area contributed by atoms with E-state index in [9.17, 15) is 4.79 Å². The number of carbonyl (C=O) groups is 1. The first-order valence-corrected chi connectivity index (χ1v) is 6.60. The van der Waals surface area contributed by atoms with E-state index in [0.717, 1.165) is 6.42 Å². The second kappa shape index (κ2) is 4.54. The van der Waals surface area contributed by atoms with Crippen LogP contribution in [0.4, 0.5) is 0 Å². The molecule has 0 N–H and O–H groups in total. The second-order valence-electron chi connectivity index (χ2n) is 4.76. The molecule has 3 heteroatoms. The molecule has 2 rings (SSSR count). The molecule has 1 heterocycles. The van der Waals surface area contributed by atoms with Crippen molar-refractivity contribution in [2.75, 3.05) is 0 Å². The molecule has 2 atom stereocenters. The molecular weight excluding hydrogens is 230 g/mol. The number of hydrogen-bond acceptors (Lipinski definition) is 3. The Balaban J connectivity index is 2.10. The summed E-state index contributed by atoms with van der Waals surface area (Å²) >= 11 is 1.79. The number of hydrogen-bond donors (Lipinski definition) is 0. The van der Waals surface area contributed by atoms with Crippen molar-refractivity contribution in [3.05, 3.63) is 29.8 Å². The number of nitrogens with zero attached hydrogens (tertiary/aromatic N) is 1. The molecule has 88 valence electrons. The third-order valence-corrected chi connectivity index (χ3v) is 4.69. The lowest BCUT2D eigenvalue weighted by atomic mass is 9.82. The zero-order valence-corrected chi connectivity index (χ0v) is 10.9. The standard InChI is InChI=1S/C14H15NOS/c1-10(16)14(2,9-15)8-12-7-11-5-3-4-6-13(11)17-12/h3-6,12H,7-8H2,1-2H3. The molecule has 0 amide bonds. The third-order valence-electron chi connectivity index (χ3n) is 3.37. The van der Waals surface area contributed by atoms with Gasteiger partial charge in [-0.15, -0.1) is 11.8 Å². The maximum absolute atomic E-state index is 11.5. The van der Waals surface area contributed by atoms with Gasteiger partial charge in [0.2, 0.25) is 0 Å². The van der Waals surface area contributed by atoms with Gasteiger partial charge in [0.1, 0.15) is 11.2 Å². The fourth-order valence-corrected chi connectivity index (χ4v) is 3.59. The van der Waals surface area contributed by atoms with E-state index >= 15 is 0 Å². The zero-order chi connectivity index (χ0) is 12.5. The van der Waals surface area contributed by atoms with Crippen LogP contribution in [0, 0.1) is 16.7 Å². The number of ketones is 1. The predicted octanol–water partition coefficient (Wildman–Crippen LogP) is 3.21. The Morgan fingerprint density at radius 3 is 2.88 bits per heavy atom.